The molecule has 16 heavy (non-hydrogen) atoms. The summed E-state index contributed by atoms with van der Waals surface area (Å²) in [4.78, 5) is 14.9. The molecule has 2 rings (SSSR count). The summed E-state index contributed by atoms with van der Waals surface area (Å²) in [7, 11) is 0. The maximum atomic E-state index is 12.3. The zero-order chi connectivity index (χ0) is 11.7. The average Bonchev–Trinajstić information content (AvgIpc) is 2.60. The van der Waals surface area contributed by atoms with Crippen molar-refractivity contribution in [3.63, 3.8) is 0 Å². The van der Waals surface area contributed by atoms with E-state index in [-0.39, 0.29) is 5.69 Å². The normalized spacial score (nSPS) is 13.3. The van der Waals surface area contributed by atoms with Crippen LogP contribution in [-0.2, 0) is 0 Å². The number of rotatable bonds is 3. The van der Waals surface area contributed by atoms with Gasteiger partial charge in [-0.1, -0.05) is 0 Å². The van der Waals surface area contributed by atoms with Crippen molar-refractivity contribution in [2.45, 2.75) is 12.8 Å². The zero-order valence-electron chi connectivity index (χ0n) is 8.15. The van der Waals surface area contributed by atoms with Gasteiger partial charge in [0.05, 0.1) is 5.69 Å². The summed E-state index contributed by atoms with van der Waals surface area (Å²) < 4.78 is 24.6. The lowest BCUT2D eigenvalue weighted by molar-refractivity contribution is 0.0995. The van der Waals surface area contributed by atoms with Crippen LogP contribution in [0.2, 0.25) is 0 Å². The Morgan fingerprint density at radius 2 is 2.25 bits per heavy atom. The first-order chi connectivity index (χ1) is 7.59. The van der Waals surface area contributed by atoms with E-state index in [9.17, 15) is 13.6 Å². The molecule has 83 valence electrons. The summed E-state index contributed by atoms with van der Waals surface area (Å²) in [6.07, 6.45) is -0.247. The Kier molecular flexibility index (Phi) is 2.55. The quantitative estimate of drug-likeness (QED) is 0.843. The third-order valence-corrected chi connectivity index (χ3v) is 2.22. The second-order valence-electron chi connectivity index (χ2n) is 3.30. The van der Waals surface area contributed by atoms with E-state index >= 15 is 0 Å². The Morgan fingerprint density at radius 3 is 2.88 bits per heavy atom. The van der Waals surface area contributed by atoms with Crippen LogP contribution in [-0.4, -0.2) is 17.3 Å². The lowest BCUT2D eigenvalue weighted by Gasteiger charge is -2.06. The number of aromatic nitrogens is 1. The number of primary amides is 1. The van der Waals surface area contributed by atoms with E-state index in [1.807, 2.05) is 0 Å². The molecule has 0 spiro atoms. The minimum Gasteiger partial charge on any atom is -0.364 e. The SMILES string of the molecule is NC(=O)c1nccc2c1C(CC(F)F)=C[N]2. The molecular weight excluding hydrogens is 216 g/mol. The molecule has 2 heterocycles. The number of carbonyl (C=O) groups excluding carboxylic acids is 1. The van der Waals surface area contributed by atoms with Crippen molar-refractivity contribution >= 4 is 17.2 Å². The second kappa shape index (κ2) is 3.88. The molecule has 0 saturated heterocycles. The van der Waals surface area contributed by atoms with Crippen molar-refractivity contribution in [1.82, 2.24) is 10.3 Å². The molecule has 1 amide bonds. The monoisotopic (exact) mass is 224 g/mol. The highest BCUT2D eigenvalue weighted by atomic mass is 19.3. The Balaban J connectivity index is 2.45. The van der Waals surface area contributed by atoms with Gasteiger partial charge in [-0.25, -0.2) is 8.78 Å². The Labute approximate surface area is 90.2 Å². The Bertz CT molecular complexity index is 471. The lowest BCUT2D eigenvalue weighted by atomic mass is 10.0. The van der Waals surface area contributed by atoms with Gasteiger partial charge < -0.3 is 5.73 Å². The summed E-state index contributed by atoms with van der Waals surface area (Å²) in [6.45, 7) is 0. The molecule has 0 aromatic carbocycles. The molecule has 0 saturated carbocycles. The highest BCUT2D eigenvalue weighted by Gasteiger charge is 2.24. The van der Waals surface area contributed by atoms with Crippen LogP contribution in [0, 0.1) is 0 Å². The maximum absolute atomic E-state index is 12.3. The van der Waals surface area contributed by atoms with Crippen molar-refractivity contribution in [2.24, 2.45) is 5.73 Å². The molecule has 0 atom stereocenters. The first-order valence-electron chi connectivity index (χ1n) is 4.57. The highest BCUT2D eigenvalue weighted by Crippen LogP contribution is 2.35. The number of fused-ring (bicyclic) bond motifs is 1. The number of nitrogens with zero attached hydrogens (tertiary/aromatic N) is 2. The minimum atomic E-state index is -2.49. The topological polar surface area (TPSA) is 70.1 Å². The van der Waals surface area contributed by atoms with Gasteiger partial charge in [0, 0.05) is 24.4 Å². The molecule has 1 aliphatic rings. The maximum Gasteiger partial charge on any atom is 0.268 e. The largest absolute Gasteiger partial charge is 0.364 e. The number of alkyl halides is 2. The number of hydrogen-bond acceptors (Lipinski definition) is 2. The summed E-state index contributed by atoms with van der Waals surface area (Å²) in [5, 5.41) is 3.93. The molecule has 0 fully saturated rings. The minimum absolute atomic E-state index is 0.00866. The standard InChI is InChI=1S/C10H8F2N3O/c11-7(12)3-5-4-15-6-1-2-14-9(8(5)6)10(13)16/h1-2,4,7H,3H2,(H2,13,16). The molecule has 0 unspecified atom stereocenters. The Morgan fingerprint density at radius 1 is 1.50 bits per heavy atom. The van der Waals surface area contributed by atoms with Crippen LogP contribution in [0.4, 0.5) is 14.5 Å². The summed E-state index contributed by atoms with van der Waals surface area (Å²) >= 11 is 0. The van der Waals surface area contributed by atoms with Gasteiger partial charge in [-0.2, -0.15) is 0 Å². The van der Waals surface area contributed by atoms with Crippen LogP contribution in [0.3, 0.4) is 0 Å². The smallest absolute Gasteiger partial charge is 0.268 e. The van der Waals surface area contributed by atoms with Crippen molar-refractivity contribution in [2.75, 3.05) is 0 Å². The van der Waals surface area contributed by atoms with E-state index in [4.69, 9.17) is 5.73 Å². The van der Waals surface area contributed by atoms with Gasteiger partial charge in [0.2, 0.25) is 6.43 Å². The fourth-order valence-corrected chi connectivity index (χ4v) is 1.60. The molecule has 0 aliphatic carbocycles. The van der Waals surface area contributed by atoms with Gasteiger partial charge in [0.15, 0.2) is 0 Å². The van der Waals surface area contributed by atoms with Crippen LogP contribution in [0.5, 0.6) is 0 Å². The molecule has 6 heteroatoms. The van der Waals surface area contributed by atoms with Crippen molar-refractivity contribution in [3.05, 3.63) is 29.7 Å². The predicted octanol–water partition coefficient (Wildman–Crippen LogP) is 1.43. The first kappa shape index (κ1) is 10.5. The van der Waals surface area contributed by atoms with Crippen LogP contribution in [0.15, 0.2) is 18.5 Å². The van der Waals surface area contributed by atoms with Gasteiger partial charge in [0.25, 0.3) is 5.91 Å². The highest BCUT2D eigenvalue weighted by molar-refractivity contribution is 5.99. The molecule has 2 N–H and O–H groups in total. The Hall–Kier alpha value is -1.98. The number of pyridine rings is 1. The van der Waals surface area contributed by atoms with Crippen molar-refractivity contribution in [3.8, 4) is 0 Å². The van der Waals surface area contributed by atoms with E-state index in [0.717, 1.165) is 0 Å². The van der Waals surface area contributed by atoms with Gasteiger partial charge in [0.1, 0.15) is 5.69 Å². The van der Waals surface area contributed by atoms with Crippen molar-refractivity contribution < 1.29 is 13.6 Å². The van der Waals surface area contributed by atoms with E-state index < -0.39 is 18.8 Å². The lowest BCUT2D eigenvalue weighted by Crippen LogP contribution is -2.15. The molecule has 4 nitrogen and oxygen atoms in total. The van der Waals surface area contributed by atoms with Crippen LogP contribution in [0.1, 0.15) is 22.5 Å². The molecular formula is C10H8F2N3O. The van der Waals surface area contributed by atoms with E-state index in [1.54, 1.807) is 6.07 Å². The molecule has 1 aliphatic heterocycles. The first-order valence-corrected chi connectivity index (χ1v) is 4.57. The average molecular weight is 224 g/mol. The number of carbonyl (C=O) groups is 1. The number of amides is 1. The molecule has 1 radical (unpaired) electrons. The van der Waals surface area contributed by atoms with Crippen LogP contribution >= 0.6 is 0 Å². The van der Waals surface area contributed by atoms with Gasteiger partial charge >= 0.3 is 0 Å². The van der Waals surface area contributed by atoms with Crippen molar-refractivity contribution in [1.29, 1.82) is 0 Å². The summed E-state index contributed by atoms with van der Waals surface area (Å²) in [5.74, 6) is -0.742. The van der Waals surface area contributed by atoms with E-state index in [0.29, 0.717) is 16.8 Å². The summed E-state index contributed by atoms with van der Waals surface area (Å²) in [6, 6.07) is 1.55. The molecule has 1 aromatic rings. The number of hydrogen-bond donors (Lipinski definition) is 1. The third kappa shape index (κ3) is 1.73. The van der Waals surface area contributed by atoms with Crippen LogP contribution in [0.25, 0.3) is 5.57 Å². The zero-order valence-corrected chi connectivity index (χ0v) is 8.15. The second-order valence-corrected chi connectivity index (χ2v) is 3.30. The van der Waals surface area contributed by atoms with Gasteiger partial charge in [-0.3, -0.25) is 15.1 Å². The van der Waals surface area contributed by atoms with Crippen LogP contribution < -0.4 is 11.1 Å². The molecule has 1 aromatic heterocycles. The third-order valence-electron chi connectivity index (χ3n) is 2.22. The summed E-state index contributed by atoms with van der Waals surface area (Å²) in [5.41, 5.74) is 6.20. The van der Waals surface area contributed by atoms with Gasteiger partial charge in [-0.15, -0.1) is 0 Å². The number of allylic oxidation sites excluding steroid dienone is 1. The molecule has 0 bridgehead atoms. The number of nitrogens with two attached hydrogens (primary N) is 1. The van der Waals surface area contributed by atoms with E-state index in [1.165, 1.54) is 12.4 Å². The fourth-order valence-electron chi connectivity index (χ4n) is 1.60. The van der Waals surface area contributed by atoms with E-state index in [2.05, 4.69) is 10.3 Å². The fraction of sp³-hybridized carbons (Fsp3) is 0.200. The predicted molar refractivity (Wildman–Crippen MR) is 53.1 cm³/mol. The number of halogens is 2. The van der Waals surface area contributed by atoms with Gasteiger partial charge in [-0.05, 0) is 11.6 Å².